The summed E-state index contributed by atoms with van der Waals surface area (Å²) in [5.41, 5.74) is 5.86. The first-order chi connectivity index (χ1) is 8.17. The quantitative estimate of drug-likeness (QED) is 0.779. The molecular formula is C12H19N3O2. The number of amides is 1. The number of ether oxygens (including phenoxy) is 1. The Morgan fingerprint density at radius 2 is 2.35 bits per heavy atom. The lowest BCUT2D eigenvalue weighted by Crippen LogP contribution is -2.38. The van der Waals surface area contributed by atoms with Crippen LogP contribution in [0.4, 0.5) is 5.82 Å². The Morgan fingerprint density at radius 1 is 1.59 bits per heavy atom. The van der Waals surface area contributed by atoms with Crippen LogP contribution in [-0.2, 0) is 4.74 Å². The summed E-state index contributed by atoms with van der Waals surface area (Å²) >= 11 is 0. The molecule has 1 rings (SSSR count). The highest BCUT2D eigenvalue weighted by Gasteiger charge is 2.13. The maximum Gasteiger partial charge on any atom is 0.270 e. The molecule has 0 aromatic carbocycles. The van der Waals surface area contributed by atoms with Crippen LogP contribution in [0, 0.1) is 0 Å². The lowest BCUT2D eigenvalue weighted by molar-refractivity contribution is 0.0887. The summed E-state index contributed by atoms with van der Waals surface area (Å²) < 4.78 is 5.06. The number of nitrogens with zero attached hydrogens (tertiary/aromatic N) is 1. The van der Waals surface area contributed by atoms with E-state index in [4.69, 9.17) is 10.5 Å². The second-order valence-corrected chi connectivity index (χ2v) is 3.86. The summed E-state index contributed by atoms with van der Waals surface area (Å²) in [5.74, 6) is 0.129. The number of anilines is 1. The van der Waals surface area contributed by atoms with Crippen LogP contribution in [0.2, 0.25) is 0 Å². The van der Waals surface area contributed by atoms with E-state index in [-0.39, 0.29) is 11.9 Å². The van der Waals surface area contributed by atoms with Gasteiger partial charge < -0.3 is 15.8 Å². The lowest BCUT2D eigenvalue weighted by Gasteiger charge is -2.16. The van der Waals surface area contributed by atoms with E-state index in [2.05, 4.69) is 17.2 Å². The molecule has 0 radical (unpaired) electrons. The van der Waals surface area contributed by atoms with Gasteiger partial charge in [0.15, 0.2) is 0 Å². The molecule has 0 bridgehead atoms. The zero-order valence-corrected chi connectivity index (χ0v) is 10.3. The predicted molar refractivity (Wildman–Crippen MR) is 66.7 cm³/mol. The van der Waals surface area contributed by atoms with Gasteiger partial charge in [-0.2, -0.15) is 0 Å². The Labute approximate surface area is 101 Å². The Kier molecular flexibility index (Phi) is 5.42. The smallest absolute Gasteiger partial charge is 0.270 e. The van der Waals surface area contributed by atoms with Crippen LogP contribution in [0.3, 0.4) is 0 Å². The van der Waals surface area contributed by atoms with Crippen LogP contribution in [-0.4, -0.2) is 30.6 Å². The third kappa shape index (κ3) is 4.40. The number of aromatic nitrogens is 1. The van der Waals surface area contributed by atoms with Crippen LogP contribution < -0.4 is 11.1 Å². The van der Waals surface area contributed by atoms with Crippen molar-refractivity contribution < 1.29 is 9.53 Å². The van der Waals surface area contributed by atoms with E-state index < -0.39 is 0 Å². The van der Waals surface area contributed by atoms with E-state index in [0.29, 0.717) is 18.1 Å². The molecule has 1 heterocycles. The van der Waals surface area contributed by atoms with Crippen molar-refractivity contribution in [1.29, 1.82) is 0 Å². The highest BCUT2D eigenvalue weighted by molar-refractivity contribution is 5.92. The lowest BCUT2D eigenvalue weighted by atomic mass is 10.1. The fourth-order valence-electron chi connectivity index (χ4n) is 1.58. The average Bonchev–Trinajstić information content (AvgIpc) is 2.29. The van der Waals surface area contributed by atoms with E-state index in [1.54, 1.807) is 25.3 Å². The van der Waals surface area contributed by atoms with Crippen molar-refractivity contribution in [1.82, 2.24) is 10.3 Å². The summed E-state index contributed by atoms with van der Waals surface area (Å²) in [6.07, 6.45) is 1.86. The summed E-state index contributed by atoms with van der Waals surface area (Å²) in [7, 11) is 1.62. The number of carbonyl (C=O) groups is 1. The number of rotatable bonds is 6. The van der Waals surface area contributed by atoms with Gasteiger partial charge in [-0.25, -0.2) is 4.98 Å². The van der Waals surface area contributed by atoms with Crippen molar-refractivity contribution in [3.8, 4) is 0 Å². The minimum absolute atomic E-state index is 0.0146. The van der Waals surface area contributed by atoms with Gasteiger partial charge in [0, 0.05) is 7.11 Å². The molecule has 94 valence electrons. The van der Waals surface area contributed by atoms with Gasteiger partial charge in [0.25, 0.3) is 5.91 Å². The summed E-state index contributed by atoms with van der Waals surface area (Å²) in [5, 5.41) is 2.88. The number of pyridine rings is 1. The summed E-state index contributed by atoms with van der Waals surface area (Å²) in [6.45, 7) is 2.56. The van der Waals surface area contributed by atoms with Gasteiger partial charge >= 0.3 is 0 Å². The molecule has 1 aromatic heterocycles. The van der Waals surface area contributed by atoms with Gasteiger partial charge in [0.2, 0.25) is 0 Å². The van der Waals surface area contributed by atoms with Crippen LogP contribution in [0.15, 0.2) is 18.2 Å². The largest absolute Gasteiger partial charge is 0.384 e. The zero-order valence-electron chi connectivity index (χ0n) is 10.3. The highest BCUT2D eigenvalue weighted by atomic mass is 16.5. The SMILES string of the molecule is CCCC(COC)NC(=O)c1cccc(N)n1. The summed E-state index contributed by atoms with van der Waals surface area (Å²) in [6, 6.07) is 5.01. The Morgan fingerprint density at radius 3 is 2.94 bits per heavy atom. The molecule has 5 heteroatoms. The van der Waals surface area contributed by atoms with Gasteiger partial charge in [-0.3, -0.25) is 4.79 Å². The van der Waals surface area contributed by atoms with E-state index in [1.807, 2.05) is 0 Å². The third-order valence-electron chi connectivity index (χ3n) is 2.34. The molecule has 1 atom stereocenters. The molecule has 1 amide bonds. The normalized spacial score (nSPS) is 12.1. The van der Waals surface area contributed by atoms with Crippen molar-refractivity contribution in [3.05, 3.63) is 23.9 Å². The number of hydrogen-bond acceptors (Lipinski definition) is 4. The Bertz CT molecular complexity index is 363. The number of nitrogens with two attached hydrogens (primary N) is 1. The van der Waals surface area contributed by atoms with Crippen LogP contribution >= 0.6 is 0 Å². The topological polar surface area (TPSA) is 77.2 Å². The van der Waals surface area contributed by atoms with Crippen LogP contribution in [0.5, 0.6) is 0 Å². The van der Waals surface area contributed by atoms with E-state index in [1.165, 1.54) is 0 Å². The predicted octanol–water partition coefficient (Wildman–Crippen LogP) is 1.21. The second kappa shape index (κ2) is 6.85. The molecule has 5 nitrogen and oxygen atoms in total. The molecule has 17 heavy (non-hydrogen) atoms. The minimum atomic E-state index is -0.215. The molecule has 0 fully saturated rings. The molecule has 0 saturated carbocycles. The number of methoxy groups -OCH3 is 1. The Balaban J connectivity index is 2.63. The molecule has 1 aromatic rings. The fourth-order valence-corrected chi connectivity index (χ4v) is 1.58. The zero-order chi connectivity index (χ0) is 12.7. The molecule has 0 aliphatic rings. The summed E-state index contributed by atoms with van der Waals surface area (Å²) in [4.78, 5) is 15.8. The molecule has 1 unspecified atom stereocenters. The first-order valence-corrected chi connectivity index (χ1v) is 5.69. The van der Waals surface area contributed by atoms with Crippen molar-refractivity contribution in [2.75, 3.05) is 19.5 Å². The molecule has 0 spiro atoms. The molecule has 3 N–H and O–H groups in total. The van der Waals surface area contributed by atoms with Crippen LogP contribution in [0.1, 0.15) is 30.3 Å². The maximum atomic E-state index is 11.9. The van der Waals surface area contributed by atoms with Gasteiger partial charge in [0.05, 0.1) is 12.6 Å². The second-order valence-electron chi connectivity index (χ2n) is 3.86. The number of carbonyl (C=O) groups excluding carboxylic acids is 1. The first-order valence-electron chi connectivity index (χ1n) is 5.69. The van der Waals surface area contributed by atoms with Gasteiger partial charge in [-0.1, -0.05) is 19.4 Å². The Hall–Kier alpha value is -1.62. The number of hydrogen-bond donors (Lipinski definition) is 2. The van der Waals surface area contributed by atoms with E-state index in [9.17, 15) is 4.79 Å². The maximum absolute atomic E-state index is 11.9. The number of nitrogens with one attached hydrogen (secondary N) is 1. The van der Waals surface area contributed by atoms with Gasteiger partial charge in [-0.05, 0) is 18.6 Å². The monoisotopic (exact) mass is 237 g/mol. The van der Waals surface area contributed by atoms with Crippen LogP contribution in [0.25, 0.3) is 0 Å². The van der Waals surface area contributed by atoms with Crippen molar-refractivity contribution in [2.24, 2.45) is 0 Å². The average molecular weight is 237 g/mol. The molecule has 0 saturated heterocycles. The van der Waals surface area contributed by atoms with E-state index >= 15 is 0 Å². The van der Waals surface area contributed by atoms with Crippen molar-refractivity contribution >= 4 is 11.7 Å². The fraction of sp³-hybridized carbons (Fsp3) is 0.500. The molecular weight excluding hydrogens is 218 g/mol. The third-order valence-corrected chi connectivity index (χ3v) is 2.34. The minimum Gasteiger partial charge on any atom is -0.384 e. The highest BCUT2D eigenvalue weighted by Crippen LogP contribution is 2.03. The van der Waals surface area contributed by atoms with Gasteiger partial charge in [0.1, 0.15) is 11.5 Å². The number of nitrogen functional groups attached to an aromatic ring is 1. The standard InChI is InChI=1S/C12H19N3O2/c1-3-5-9(8-17-2)14-12(16)10-6-4-7-11(13)15-10/h4,6-7,9H,3,5,8H2,1-2H3,(H2,13,15)(H,14,16). The van der Waals surface area contributed by atoms with E-state index in [0.717, 1.165) is 12.8 Å². The van der Waals surface area contributed by atoms with Crippen molar-refractivity contribution in [2.45, 2.75) is 25.8 Å². The molecule has 0 aliphatic heterocycles. The van der Waals surface area contributed by atoms with Gasteiger partial charge in [-0.15, -0.1) is 0 Å². The first kappa shape index (κ1) is 13.4. The van der Waals surface area contributed by atoms with Crippen molar-refractivity contribution in [3.63, 3.8) is 0 Å². The molecule has 0 aliphatic carbocycles.